The van der Waals surface area contributed by atoms with Crippen LogP contribution < -0.4 is 0 Å². The van der Waals surface area contributed by atoms with E-state index in [2.05, 4.69) is 78.9 Å². The Bertz CT molecular complexity index is 1540. The summed E-state index contributed by atoms with van der Waals surface area (Å²) in [6.45, 7) is 0. The molecule has 0 bridgehead atoms. The summed E-state index contributed by atoms with van der Waals surface area (Å²) in [7, 11) is 0. The summed E-state index contributed by atoms with van der Waals surface area (Å²) in [6.07, 6.45) is 0. The second-order valence-corrected chi connectivity index (χ2v) is 7.91. The molecule has 6 rings (SSSR count). The van der Waals surface area contributed by atoms with Crippen molar-refractivity contribution in [3.63, 3.8) is 0 Å². The number of hydrogen-bond acceptors (Lipinski definition) is 1. The second-order valence-electron chi connectivity index (χ2n) is 7.50. The average molecular weight is 405 g/mol. The SMILES string of the molecule is Clc1cccc2oc3ccc(-c4cccc5cccc(-c6ccccc6)c45)cc3c12. The summed E-state index contributed by atoms with van der Waals surface area (Å²) in [5.41, 5.74) is 6.48. The van der Waals surface area contributed by atoms with Crippen molar-refractivity contribution in [2.75, 3.05) is 0 Å². The monoisotopic (exact) mass is 404 g/mol. The summed E-state index contributed by atoms with van der Waals surface area (Å²) < 4.78 is 6.02. The number of benzene rings is 5. The van der Waals surface area contributed by atoms with Crippen LogP contribution in [0.3, 0.4) is 0 Å². The minimum atomic E-state index is 0.714. The second kappa shape index (κ2) is 6.76. The normalized spacial score (nSPS) is 11.5. The molecule has 0 unspecified atom stereocenters. The van der Waals surface area contributed by atoms with Crippen molar-refractivity contribution in [2.45, 2.75) is 0 Å². The molecule has 142 valence electrons. The summed E-state index contributed by atoms with van der Waals surface area (Å²) in [5, 5.41) is 5.21. The molecule has 0 spiro atoms. The molecule has 0 saturated carbocycles. The molecule has 5 aromatic carbocycles. The first-order valence-electron chi connectivity index (χ1n) is 9.98. The molecule has 0 aliphatic heterocycles. The molecule has 0 atom stereocenters. The van der Waals surface area contributed by atoms with Gasteiger partial charge >= 0.3 is 0 Å². The van der Waals surface area contributed by atoms with Gasteiger partial charge < -0.3 is 4.42 Å². The Balaban J connectivity index is 1.67. The highest BCUT2D eigenvalue weighted by molar-refractivity contribution is 6.37. The van der Waals surface area contributed by atoms with Crippen molar-refractivity contribution in [3.05, 3.63) is 108 Å². The van der Waals surface area contributed by atoms with Gasteiger partial charge in [-0.1, -0.05) is 90.5 Å². The summed E-state index contributed by atoms with van der Waals surface area (Å²) in [6, 6.07) is 35.7. The highest BCUT2D eigenvalue weighted by Crippen LogP contribution is 2.40. The third-order valence-electron chi connectivity index (χ3n) is 5.74. The zero-order valence-corrected chi connectivity index (χ0v) is 16.9. The van der Waals surface area contributed by atoms with Gasteiger partial charge in [0.1, 0.15) is 11.2 Å². The molecule has 0 aliphatic rings. The fraction of sp³-hybridized carbons (Fsp3) is 0. The quantitative estimate of drug-likeness (QED) is 0.281. The van der Waals surface area contributed by atoms with Gasteiger partial charge in [0, 0.05) is 10.8 Å². The van der Waals surface area contributed by atoms with Crippen molar-refractivity contribution in [3.8, 4) is 22.3 Å². The Morgan fingerprint density at radius 2 is 1.27 bits per heavy atom. The van der Waals surface area contributed by atoms with Crippen LogP contribution >= 0.6 is 11.6 Å². The van der Waals surface area contributed by atoms with Crippen LogP contribution in [-0.2, 0) is 0 Å². The van der Waals surface area contributed by atoms with Gasteiger partial charge in [-0.05, 0) is 57.3 Å². The predicted octanol–water partition coefficient (Wildman–Crippen LogP) is 8.73. The van der Waals surface area contributed by atoms with Crippen molar-refractivity contribution in [2.24, 2.45) is 0 Å². The van der Waals surface area contributed by atoms with E-state index < -0.39 is 0 Å². The van der Waals surface area contributed by atoms with Crippen LogP contribution in [0.1, 0.15) is 0 Å². The lowest BCUT2D eigenvalue weighted by molar-refractivity contribution is 0.669. The average Bonchev–Trinajstić information content (AvgIpc) is 3.18. The summed E-state index contributed by atoms with van der Waals surface area (Å²) in [4.78, 5) is 0. The molecule has 2 heteroatoms. The first kappa shape index (κ1) is 17.3. The molecule has 30 heavy (non-hydrogen) atoms. The lowest BCUT2D eigenvalue weighted by Gasteiger charge is -2.13. The largest absolute Gasteiger partial charge is 0.456 e. The van der Waals surface area contributed by atoms with Crippen molar-refractivity contribution >= 4 is 44.3 Å². The smallest absolute Gasteiger partial charge is 0.136 e. The lowest BCUT2D eigenvalue weighted by Crippen LogP contribution is -1.86. The Hall–Kier alpha value is -3.55. The number of halogens is 1. The topological polar surface area (TPSA) is 13.1 Å². The molecule has 6 aromatic rings. The van der Waals surface area contributed by atoms with Gasteiger partial charge in [-0.25, -0.2) is 0 Å². The number of rotatable bonds is 2. The van der Waals surface area contributed by atoms with Crippen LogP contribution in [-0.4, -0.2) is 0 Å². The van der Waals surface area contributed by atoms with Gasteiger partial charge in [-0.3, -0.25) is 0 Å². The highest BCUT2D eigenvalue weighted by atomic mass is 35.5. The zero-order chi connectivity index (χ0) is 20.1. The van der Waals surface area contributed by atoms with Gasteiger partial charge in [0.05, 0.1) is 5.02 Å². The first-order valence-corrected chi connectivity index (χ1v) is 10.4. The minimum absolute atomic E-state index is 0.714. The maximum absolute atomic E-state index is 6.52. The molecule has 1 aromatic heterocycles. The molecule has 0 fully saturated rings. The van der Waals surface area contributed by atoms with E-state index in [1.807, 2.05) is 24.3 Å². The van der Waals surface area contributed by atoms with Gasteiger partial charge in [-0.15, -0.1) is 0 Å². The van der Waals surface area contributed by atoms with Crippen LogP contribution in [0.2, 0.25) is 5.02 Å². The Morgan fingerprint density at radius 1 is 0.533 bits per heavy atom. The van der Waals surface area contributed by atoms with Crippen molar-refractivity contribution in [1.29, 1.82) is 0 Å². The van der Waals surface area contributed by atoms with Crippen LogP contribution in [0.25, 0.3) is 55.0 Å². The van der Waals surface area contributed by atoms with E-state index in [0.717, 1.165) is 27.5 Å². The molecule has 0 aliphatic carbocycles. The Kier molecular flexibility index (Phi) is 3.90. The van der Waals surface area contributed by atoms with E-state index in [0.29, 0.717) is 5.02 Å². The molecule has 0 N–H and O–H groups in total. The van der Waals surface area contributed by atoms with E-state index >= 15 is 0 Å². The molecule has 0 saturated heterocycles. The molecule has 1 heterocycles. The van der Waals surface area contributed by atoms with Crippen LogP contribution in [0.5, 0.6) is 0 Å². The van der Waals surface area contributed by atoms with E-state index in [1.54, 1.807) is 0 Å². The predicted molar refractivity (Wildman–Crippen MR) is 127 cm³/mol. The van der Waals surface area contributed by atoms with Gasteiger partial charge in [0.2, 0.25) is 0 Å². The minimum Gasteiger partial charge on any atom is -0.456 e. The lowest BCUT2D eigenvalue weighted by atomic mass is 9.91. The summed E-state index contributed by atoms with van der Waals surface area (Å²) >= 11 is 6.52. The van der Waals surface area contributed by atoms with E-state index in [4.69, 9.17) is 16.0 Å². The third-order valence-corrected chi connectivity index (χ3v) is 6.06. The van der Waals surface area contributed by atoms with Crippen molar-refractivity contribution < 1.29 is 4.42 Å². The maximum Gasteiger partial charge on any atom is 0.136 e. The maximum atomic E-state index is 6.52. The Labute approximate surface area is 179 Å². The third kappa shape index (κ3) is 2.63. The first-order chi connectivity index (χ1) is 14.8. The Morgan fingerprint density at radius 3 is 2.07 bits per heavy atom. The van der Waals surface area contributed by atoms with E-state index in [-0.39, 0.29) is 0 Å². The van der Waals surface area contributed by atoms with Crippen LogP contribution in [0, 0.1) is 0 Å². The number of hydrogen-bond donors (Lipinski definition) is 0. The zero-order valence-electron chi connectivity index (χ0n) is 16.1. The fourth-order valence-electron chi connectivity index (χ4n) is 4.39. The highest BCUT2D eigenvalue weighted by Gasteiger charge is 2.14. The molecular weight excluding hydrogens is 388 g/mol. The molecule has 0 radical (unpaired) electrons. The van der Waals surface area contributed by atoms with Crippen LogP contribution in [0.15, 0.2) is 108 Å². The molecule has 0 amide bonds. The molecular formula is C28H17ClO. The van der Waals surface area contributed by atoms with E-state index in [9.17, 15) is 0 Å². The van der Waals surface area contributed by atoms with E-state index in [1.165, 1.54) is 27.5 Å². The van der Waals surface area contributed by atoms with Crippen LogP contribution in [0.4, 0.5) is 0 Å². The number of fused-ring (bicyclic) bond motifs is 4. The summed E-state index contributed by atoms with van der Waals surface area (Å²) in [5.74, 6) is 0. The molecule has 1 nitrogen and oxygen atoms in total. The standard InChI is InChI=1S/C28H17ClO/c29-24-13-6-14-26-28(24)23-17-20(15-16-25(23)30-26)22-12-5-10-19-9-4-11-21(27(19)22)18-7-2-1-3-8-18/h1-17H. The number of furan rings is 1. The van der Waals surface area contributed by atoms with Gasteiger partial charge in [0.15, 0.2) is 0 Å². The van der Waals surface area contributed by atoms with Gasteiger partial charge in [-0.2, -0.15) is 0 Å². The fourth-order valence-corrected chi connectivity index (χ4v) is 4.66. The van der Waals surface area contributed by atoms with Crippen molar-refractivity contribution in [1.82, 2.24) is 0 Å². The van der Waals surface area contributed by atoms with Gasteiger partial charge in [0.25, 0.3) is 0 Å².